The maximum atomic E-state index is 12.2. The lowest BCUT2D eigenvalue weighted by Crippen LogP contribution is -2.27. The fraction of sp³-hybridized carbons (Fsp3) is 0.267. The van der Waals surface area contributed by atoms with Gasteiger partial charge in [-0.2, -0.15) is 0 Å². The largest absolute Gasteiger partial charge is 0.467 e. The lowest BCUT2D eigenvalue weighted by atomic mass is 10.1. The summed E-state index contributed by atoms with van der Waals surface area (Å²) in [6.45, 7) is 3.82. The first-order chi connectivity index (χ1) is 9.11. The molecule has 4 heteroatoms. The molecule has 1 heterocycles. The summed E-state index contributed by atoms with van der Waals surface area (Å²) in [6.07, 6.45) is 1.60. The number of amides is 1. The second-order valence-electron chi connectivity index (χ2n) is 4.49. The van der Waals surface area contributed by atoms with Gasteiger partial charge in [-0.3, -0.25) is 4.79 Å². The van der Waals surface area contributed by atoms with Crippen LogP contribution in [0.3, 0.4) is 0 Å². The molecule has 4 nitrogen and oxygen atoms in total. The third-order valence-electron chi connectivity index (χ3n) is 3.08. The van der Waals surface area contributed by atoms with Crippen LogP contribution in [-0.4, -0.2) is 13.0 Å². The number of hydrogen-bond acceptors (Lipinski definition) is 3. The van der Waals surface area contributed by atoms with Crippen LogP contribution in [0, 0.1) is 6.92 Å². The molecule has 1 unspecified atom stereocenters. The van der Waals surface area contributed by atoms with Gasteiger partial charge in [0.25, 0.3) is 5.91 Å². The van der Waals surface area contributed by atoms with Crippen molar-refractivity contribution in [3.05, 3.63) is 53.5 Å². The van der Waals surface area contributed by atoms with Crippen LogP contribution in [0.25, 0.3) is 0 Å². The molecule has 0 fully saturated rings. The number of benzene rings is 1. The molecule has 100 valence electrons. The average molecular weight is 258 g/mol. The van der Waals surface area contributed by atoms with E-state index in [1.54, 1.807) is 6.26 Å². The standard InChI is InChI=1S/C15H18N2O2/c1-10-9-12(16-3)6-7-13(10)15(18)17-11(2)14-5-4-8-19-14/h4-9,11,16H,1-3H3,(H,17,18). The number of anilines is 1. The van der Waals surface area contributed by atoms with Crippen LogP contribution >= 0.6 is 0 Å². The van der Waals surface area contributed by atoms with E-state index in [-0.39, 0.29) is 11.9 Å². The Morgan fingerprint density at radius 3 is 2.68 bits per heavy atom. The Hall–Kier alpha value is -2.23. The van der Waals surface area contributed by atoms with Gasteiger partial charge in [-0.15, -0.1) is 0 Å². The maximum absolute atomic E-state index is 12.2. The van der Waals surface area contributed by atoms with Crippen molar-refractivity contribution < 1.29 is 9.21 Å². The Balaban J connectivity index is 2.12. The Morgan fingerprint density at radius 1 is 1.32 bits per heavy atom. The quantitative estimate of drug-likeness (QED) is 0.886. The summed E-state index contributed by atoms with van der Waals surface area (Å²) in [5, 5.41) is 5.97. The molecule has 0 saturated heterocycles. The van der Waals surface area contributed by atoms with Crippen LogP contribution in [0.2, 0.25) is 0 Å². The fourth-order valence-corrected chi connectivity index (χ4v) is 1.96. The molecule has 2 aromatic rings. The minimum absolute atomic E-state index is 0.0935. The van der Waals surface area contributed by atoms with Gasteiger partial charge in [-0.25, -0.2) is 0 Å². The van der Waals surface area contributed by atoms with Crippen molar-refractivity contribution in [2.75, 3.05) is 12.4 Å². The molecule has 0 bridgehead atoms. The average Bonchev–Trinajstić information content (AvgIpc) is 2.92. The van der Waals surface area contributed by atoms with Crippen molar-refractivity contribution in [1.29, 1.82) is 0 Å². The highest BCUT2D eigenvalue weighted by Gasteiger charge is 2.14. The molecule has 1 atom stereocenters. The number of nitrogens with one attached hydrogen (secondary N) is 2. The van der Waals surface area contributed by atoms with Crippen LogP contribution in [0.5, 0.6) is 0 Å². The lowest BCUT2D eigenvalue weighted by Gasteiger charge is -2.13. The summed E-state index contributed by atoms with van der Waals surface area (Å²) in [6, 6.07) is 9.18. The van der Waals surface area contributed by atoms with Gasteiger partial charge in [0.2, 0.25) is 0 Å². The second kappa shape index (κ2) is 5.61. The molecule has 0 aliphatic carbocycles. The molecule has 2 N–H and O–H groups in total. The smallest absolute Gasteiger partial charge is 0.252 e. The van der Waals surface area contributed by atoms with Gasteiger partial charge in [0.15, 0.2) is 0 Å². The van der Waals surface area contributed by atoms with E-state index < -0.39 is 0 Å². The molecule has 19 heavy (non-hydrogen) atoms. The molecule has 0 aliphatic rings. The summed E-state index contributed by atoms with van der Waals surface area (Å²) in [5.41, 5.74) is 2.61. The maximum Gasteiger partial charge on any atom is 0.252 e. The molecule has 0 saturated carbocycles. The van der Waals surface area contributed by atoms with Gasteiger partial charge in [0.05, 0.1) is 12.3 Å². The Kier molecular flexibility index (Phi) is 3.90. The molecule has 1 aromatic heterocycles. The van der Waals surface area contributed by atoms with E-state index >= 15 is 0 Å². The summed E-state index contributed by atoms with van der Waals surface area (Å²) < 4.78 is 5.27. The number of rotatable bonds is 4. The number of aryl methyl sites for hydroxylation is 1. The number of hydrogen-bond donors (Lipinski definition) is 2. The topological polar surface area (TPSA) is 54.3 Å². The molecule has 0 radical (unpaired) electrons. The minimum atomic E-state index is -0.147. The van der Waals surface area contributed by atoms with E-state index in [1.165, 1.54) is 0 Å². The van der Waals surface area contributed by atoms with E-state index in [2.05, 4.69) is 10.6 Å². The second-order valence-corrected chi connectivity index (χ2v) is 4.49. The van der Waals surface area contributed by atoms with Crippen LogP contribution in [0.4, 0.5) is 5.69 Å². The van der Waals surface area contributed by atoms with Crippen molar-refractivity contribution in [1.82, 2.24) is 5.32 Å². The van der Waals surface area contributed by atoms with Crippen molar-refractivity contribution in [3.8, 4) is 0 Å². The predicted molar refractivity (Wildman–Crippen MR) is 75.3 cm³/mol. The van der Waals surface area contributed by atoms with E-state index in [0.29, 0.717) is 5.56 Å². The minimum Gasteiger partial charge on any atom is -0.467 e. The lowest BCUT2D eigenvalue weighted by molar-refractivity contribution is 0.0935. The molecule has 1 amide bonds. The summed E-state index contributed by atoms with van der Waals surface area (Å²) in [4.78, 5) is 12.2. The Bertz CT molecular complexity index is 562. The van der Waals surface area contributed by atoms with E-state index in [0.717, 1.165) is 17.0 Å². The SMILES string of the molecule is CNc1ccc(C(=O)NC(C)c2ccco2)c(C)c1. The third-order valence-corrected chi connectivity index (χ3v) is 3.08. The van der Waals surface area contributed by atoms with Crippen LogP contribution < -0.4 is 10.6 Å². The van der Waals surface area contributed by atoms with Gasteiger partial charge in [0, 0.05) is 18.3 Å². The normalized spacial score (nSPS) is 11.9. The zero-order valence-corrected chi connectivity index (χ0v) is 11.4. The predicted octanol–water partition coefficient (Wildman–Crippen LogP) is 3.12. The Morgan fingerprint density at radius 2 is 2.11 bits per heavy atom. The van der Waals surface area contributed by atoms with E-state index in [4.69, 9.17) is 4.42 Å². The van der Waals surface area contributed by atoms with Crippen molar-refractivity contribution in [3.63, 3.8) is 0 Å². The summed E-state index contributed by atoms with van der Waals surface area (Å²) in [7, 11) is 1.85. The van der Waals surface area contributed by atoms with E-state index in [1.807, 2.05) is 51.2 Å². The number of furan rings is 1. The van der Waals surface area contributed by atoms with Gasteiger partial charge >= 0.3 is 0 Å². The van der Waals surface area contributed by atoms with Crippen LogP contribution in [-0.2, 0) is 0 Å². The first-order valence-electron chi connectivity index (χ1n) is 6.24. The van der Waals surface area contributed by atoms with Gasteiger partial charge in [-0.05, 0) is 49.7 Å². The zero-order chi connectivity index (χ0) is 13.8. The molecule has 0 spiro atoms. The highest BCUT2D eigenvalue weighted by molar-refractivity contribution is 5.96. The van der Waals surface area contributed by atoms with Crippen LogP contribution in [0.15, 0.2) is 41.0 Å². The van der Waals surface area contributed by atoms with Crippen molar-refractivity contribution in [2.45, 2.75) is 19.9 Å². The Labute approximate surface area is 112 Å². The zero-order valence-electron chi connectivity index (χ0n) is 11.4. The van der Waals surface area contributed by atoms with E-state index in [9.17, 15) is 4.79 Å². The van der Waals surface area contributed by atoms with Crippen LogP contribution in [0.1, 0.15) is 34.6 Å². The van der Waals surface area contributed by atoms with Crippen molar-refractivity contribution >= 4 is 11.6 Å². The monoisotopic (exact) mass is 258 g/mol. The van der Waals surface area contributed by atoms with Gasteiger partial charge in [0.1, 0.15) is 5.76 Å². The highest BCUT2D eigenvalue weighted by atomic mass is 16.3. The molecule has 1 aromatic carbocycles. The summed E-state index contributed by atoms with van der Waals surface area (Å²) in [5.74, 6) is 0.655. The third kappa shape index (κ3) is 2.96. The summed E-state index contributed by atoms with van der Waals surface area (Å²) >= 11 is 0. The molecular formula is C15H18N2O2. The first kappa shape index (κ1) is 13.2. The molecule has 2 rings (SSSR count). The first-order valence-corrected chi connectivity index (χ1v) is 6.24. The van der Waals surface area contributed by atoms with Gasteiger partial charge in [-0.1, -0.05) is 0 Å². The van der Waals surface area contributed by atoms with Crippen molar-refractivity contribution in [2.24, 2.45) is 0 Å². The van der Waals surface area contributed by atoms with Gasteiger partial charge < -0.3 is 15.1 Å². The highest BCUT2D eigenvalue weighted by Crippen LogP contribution is 2.17. The number of carbonyl (C=O) groups excluding carboxylic acids is 1. The molecule has 0 aliphatic heterocycles. The number of carbonyl (C=O) groups is 1. The molecular weight excluding hydrogens is 240 g/mol. The fourth-order valence-electron chi connectivity index (χ4n) is 1.96.